The fourth-order valence-corrected chi connectivity index (χ4v) is 2.66. The second-order valence-electron chi connectivity index (χ2n) is 4.63. The highest BCUT2D eigenvalue weighted by molar-refractivity contribution is 5.29. The van der Waals surface area contributed by atoms with E-state index in [-0.39, 0.29) is 5.41 Å². The minimum absolute atomic E-state index is 0.280. The Balaban J connectivity index is 2.31. The van der Waals surface area contributed by atoms with E-state index in [1.807, 2.05) is 6.08 Å². The smallest absolute Gasteiger partial charge is 0.0127 e. The first-order valence-corrected chi connectivity index (χ1v) is 5.67. The molecule has 0 amide bonds. The zero-order valence-corrected chi connectivity index (χ0v) is 9.37. The van der Waals surface area contributed by atoms with E-state index in [1.165, 1.54) is 12.0 Å². The van der Waals surface area contributed by atoms with Crippen LogP contribution in [-0.4, -0.2) is 12.6 Å². The van der Waals surface area contributed by atoms with Crippen LogP contribution in [0.15, 0.2) is 43.0 Å². The van der Waals surface area contributed by atoms with Gasteiger partial charge in [0.2, 0.25) is 0 Å². The molecule has 0 saturated carbocycles. The maximum Gasteiger partial charge on any atom is 0.0127 e. The van der Waals surface area contributed by atoms with Crippen molar-refractivity contribution in [3.8, 4) is 0 Å². The van der Waals surface area contributed by atoms with Crippen LogP contribution in [0.25, 0.3) is 0 Å². The predicted molar refractivity (Wildman–Crippen MR) is 65.0 cm³/mol. The molecule has 0 bridgehead atoms. The van der Waals surface area contributed by atoms with Gasteiger partial charge < -0.3 is 5.32 Å². The van der Waals surface area contributed by atoms with Crippen LogP contribution in [0.1, 0.15) is 25.3 Å². The largest absolute Gasteiger partial charge is 0.313 e. The summed E-state index contributed by atoms with van der Waals surface area (Å²) in [6.07, 6.45) is 4.32. The second kappa shape index (κ2) is 4.19. The van der Waals surface area contributed by atoms with Crippen LogP contribution < -0.4 is 5.32 Å². The van der Waals surface area contributed by atoms with Crippen LogP contribution in [-0.2, 0) is 5.41 Å². The lowest BCUT2D eigenvalue weighted by molar-refractivity contribution is 0.468. The van der Waals surface area contributed by atoms with Crippen molar-refractivity contribution in [3.05, 3.63) is 48.6 Å². The van der Waals surface area contributed by atoms with Gasteiger partial charge in [0.1, 0.15) is 0 Å². The Morgan fingerprint density at radius 3 is 2.73 bits per heavy atom. The molecule has 1 N–H and O–H groups in total. The number of hydrogen-bond donors (Lipinski definition) is 1. The lowest BCUT2D eigenvalue weighted by Crippen LogP contribution is -2.28. The number of benzene rings is 1. The van der Waals surface area contributed by atoms with E-state index in [9.17, 15) is 0 Å². The molecule has 1 fully saturated rings. The minimum atomic E-state index is 0.280. The van der Waals surface area contributed by atoms with E-state index in [0.717, 1.165) is 13.0 Å². The third-order valence-electron chi connectivity index (χ3n) is 3.41. The zero-order chi connectivity index (χ0) is 10.7. The first kappa shape index (κ1) is 10.4. The van der Waals surface area contributed by atoms with Crippen molar-refractivity contribution in [2.75, 3.05) is 6.54 Å². The van der Waals surface area contributed by atoms with Crippen molar-refractivity contribution >= 4 is 0 Å². The molecule has 0 radical (unpaired) electrons. The van der Waals surface area contributed by atoms with E-state index in [1.54, 1.807) is 0 Å². The van der Waals surface area contributed by atoms with Crippen LogP contribution in [0, 0.1) is 0 Å². The molecule has 1 heteroatoms. The van der Waals surface area contributed by atoms with Crippen LogP contribution in [0.3, 0.4) is 0 Å². The Bertz CT molecular complexity index is 330. The molecular weight excluding hydrogens is 182 g/mol. The molecule has 0 spiro atoms. The van der Waals surface area contributed by atoms with Crippen molar-refractivity contribution in [1.29, 1.82) is 0 Å². The molecule has 0 aromatic heterocycles. The van der Waals surface area contributed by atoms with Gasteiger partial charge >= 0.3 is 0 Å². The summed E-state index contributed by atoms with van der Waals surface area (Å²) in [6.45, 7) is 7.22. The van der Waals surface area contributed by atoms with Crippen molar-refractivity contribution in [1.82, 2.24) is 5.32 Å². The summed E-state index contributed by atoms with van der Waals surface area (Å²) in [5.74, 6) is 0. The van der Waals surface area contributed by atoms with Gasteiger partial charge in [0, 0.05) is 18.0 Å². The molecule has 1 aliphatic heterocycles. The normalized spacial score (nSPS) is 30.3. The monoisotopic (exact) mass is 201 g/mol. The molecule has 1 aromatic rings. The maximum absolute atomic E-state index is 3.89. The third-order valence-corrected chi connectivity index (χ3v) is 3.41. The molecule has 1 saturated heterocycles. The highest BCUT2D eigenvalue weighted by Crippen LogP contribution is 2.36. The molecular formula is C14H19N. The average Bonchev–Trinajstić information content (AvgIpc) is 2.63. The Morgan fingerprint density at radius 2 is 2.20 bits per heavy atom. The summed E-state index contributed by atoms with van der Waals surface area (Å²) in [4.78, 5) is 0. The zero-order valence-electron chi connectivity index (χ0n) is 9.37. The molecule has 1 aromatic carbocycles. The van der Waals surface area contributed by atoms with Gasteiger partial charge in [0.25, 0.3) is 0 Å². The maximum atomic E-state index is 3.89. The van der Waals surface area contributed by atoms with Gasteiger partial charge in [-0.1, -0.05) is 36.4 Å². The first-order chi connectivity index (χ1) is 7.27. The number of nitrogens with one attached hydrogen (secondary N) is 1. The molecule has 1 nitrogen and oxygen atoms in total. The average molecular weight is 201 g/mol. The standard InChI is InChI=1S/C14H19N/c1-3-9-14(10-12(2)15-11-14)13-7-5-4-6-8-13/h3-8,12,15H,1,9-11H2,2H3/t12?,14-/m0/s1. The van der Waals surface area contributed by atoms with Crippen molar-refractivity contribution in [2.24, 2.45) is 0 Å². The van der Waals surface area contributed by atoms with Crippen molar-refractivity contribution in [2.45, 2.75) is 31.2 Å². The van der Waals surface area contributed by atoms with E-state index in [0.29, 0.717) is 6.04 Å². The van der Waals surface area contributed by atoms with Crippen LogP contribution in [0.2, 0.25) is 0 Å². The summed E-state index contributed by atoms with van der Waals surface area (Å²) in [7, 11) is 0. The van der Waals surface area contributed by atoms with E-state index in [4.69, 9.17) is 0 Å². The van der Waals surface area contributed by atoms with E-state index >= 15 is 0 Å². The highest BCUT2D eigenvalue weighted by Gasteiger charge is 2.37. The Kier molecular flexibility index (Phi) is 2.92. The van der Waals surface area contributed by atoms with Crippen molar-refractivity contribution in [3.63, 3.8) is 0 Å². The molecule has 1 heterocycles. The minimum Gasteiger partial charge on any atom is -0.313 e. The predicted octanol–water partition coefficient (Wildman–Crippen LogP) is 2.88. The van der Waals surface area contributed by atoms with Gasteiger partial charge in [-0.3, -0.25) is 0 Å². The van der Waals surface area contributed by atoms with Gasteiger partial charge in [0.05, 0.1) is 0 Å². The molecule has 2 rings (SSSR count). The third kappa shape index (κ3) is 1.98. The van der Waals surface area contributed by atoms with Gasteiger partial charge in [0.15, 0.2) is 0 Å². The molecule has 2 atom stereocenters. The van der Waals surface area contributed by atoms with E-state index in [2.05, 4.69) is 49.2 Å². The molecule has 1 aliphatic rings. The Hall–Kier alpha value is -1.08. The van der Waals surface area contributed by atoms with Gasteiger partial charge in [-0.2, -0.15) is 0 Å². The molecule has 80 valence electrons. The number of hydrogen-bond acceptors (Lipinski definition) is 1. The fraction of sp³-hybridized carbons (Fsp3) is 0.429. The molecule has 0 aliphatic carbocycles. The summed E-state index contributed by atoms with van der Waals surface area (Å²) < 4.78 is 0. The topological polar surface area (TPSA) is 12.0 Å². The van der Waals surface area contributed by atoms with Crippen LogP contribution >= 0.6 is 0 Å². The summed E-state index contributed by atoms with van der Waals surface area (Å²) >= 11 is 0. The van der Waals surface area contributed by atoms with Crippen LogP contribution in [0.5, 0.6) is 0 Å². The second-order valence-corrected chi connectivity index (χ2v) is 4.63. The van der Waals surface area contributed by atoms with Crippen molar-refractivity contribution < 1.29 is 0 Å². The quantitative estimate of drug-likeness (QED) is 0.741. The Morgan fingerprint density at radius 1 is 1.47 bits per heavy atom. The fourth-order valence-electron chi connectivity index (χ4n) is 2.66. The summed E-state index contributed by atoms with van der Waals surface area (Å²) in [5, 5.41) is 3.55. The lowest BCUT2D eigenvalue weighted by Gasteiger charge is -2.27. The van der Waals surface area contributed by atoms with E-state index < -0.39 is 0 Å². The van der Waals surface area contributed by atoms with Gasteiger partial charge in [-0.05, 0) is 25.3 Å². The first-order valence-electron chi connectivity index (χ1n) is 5.67. The van der Waals surface area contributed by atoms with Crippen LogP contribution in [0.4, 0.5) is 0 Å². The number of rotatable bonds is 3. The highest BCUT2D eigenvalue weighted by atomic mass is 15.0. The summed E-state index contributed by atoms with van der Waals surface area (Å²) in [6, 6.07) is 11.4. The van der Waals surface area contributed by atoms with Gasteiger partial charge in [-0.15, -0.1) is 6.58 Å². The summed E-state index contributed by atoms with van der Waals surface area (Å²) in [5.41, 5.74) is 1.73. The lowest BCUT2D eigenvalue weighted by atomic mass is 9.76. The molecule has 1 unspecified atom stereocenters. The number of allylic oxidation sites excluding steroid dienone is 1. The SMILES string of the molecule is C=CC[C@@]1(c2ccccc2)CNC(C)C1. The molecule has 15 heavy (non-hydrogen) atoms. The van der Waals surface area contributed by atoms with Gasteiger partial charge in [-0.25, -0.2) is 0 Å². The Labute approximate surface area is 92.2 Å².